The molecular formula is C21H24FNO5. The number of halogens is 1. The third-order valence-corrected chi connectivity index (χ3v) is 4.57. The van der Waals surface area contributed by atoms with E-state index in [1.54, 1.807) is 20.1 Å². The first-order chi connectivity index (χ1) is 13.3. The molecule has 150 valence electrons. The number of aromatic nitrogens is 1. The van der Waals surface area contributed by atoms with Crippen molar-refractivity contribution in [1.29, 1.82) is 0 Å². The van der Waals surface area contributed by atoms with Crippen LogP contribution in [0.1, 0.15) is 44.1 Å². The number of ether oxygens (including phenoxy) is 2. The fourth-order valence-electron chi connectivity index (χ4n) is 3.02. The van der Waals surface area contributed by atoms with Crippen molar-refractivity contribution in [3.05, 3.63) is 58.2 Å². The summed E-state index contributed by atoms with van der Waals surface area (Å²) in [7, 11) is 1.63. The molecular weight excluding hydrogens is 365 g/mol. The smallest absolute Gasteiger partial charge is 0.380 e. The Labute approximate surface area is 163 Å². The van der Waals surface area contributed by atoms with Gasteiger partial charge in [-0.3, -0.25) is 9.59 Å². The Morgan fingerprint density at radius 2 is 1.79 bits per heavy atom. The number of Topliss-reactive ketones (excluding diaryl/α,β-unsaturated/α-hetero) is 2. The van der Waals surface area contributed by atoms with Crippen molar-refractivity contribution < 1.29 is 28.2 Å². The lowest BCUT2D eigenvalue weighted by Crippen LogP contribution is -2.22. The lowest BCUT2D eigenvalue weighted by molar-refractivity contribution is -0.137. The zero-order valence-electron chi connectivity index (χ0n) is 16.5. The summed E-state index contributed by atoms with van der Waals surface area (Å²) < 4.78 is 25.3. The molecule has 0 saturated carbocycles. The number of methoxy groups -OCH3 is 1. The SMILES string of the molecule is COCCCn1c(C)cc(C(=O)COC(=O)C(=O)c2cc(F)ccc2C)c1C. The molecule has 0 aliphatic carbocycles. The van der Waals surface area contributed by atoms with Crippen LogP contribution in [0.15, 0.2) is 24.3 Å². The van der Waals surface area contributed by atoms with Crippen molar-refractivity contribution in [2.75, 3.05) is 20.3 Å². The molecule has 7 heteroatoms. The van der Waals surface area contributed by atoms with E-state index in [2.05, 4.69) is 0 Å². The highest BCUT2D eigenvalue weighted by Crippen LogP contribution is 2.17. The number of carbonyl (C=O) groups is 3. The van der Waals surface area contributed by atoms with Crippen LogP contribution in [0.25, 0.3) is 0 Å². The summed E-state index contributed by atoms with van der Waals surface area (Å²) in [5.41, 5.74) is 2.50. The van der Waals surface area contributed by atoms with E-state index in [4.69, 9.17) is 9.47 Å². The molecule has 0 saturated heterocycles. The van der Waals surface area contributed by atoms with Gasteiger partial charge in [0.1, 0.15) is 5.82 Å². The molecule has 1 aromatic heterocycles. The maximum Gasteiger partial charge on any atom is 0.380 e. The van der Waals surface area contributed by atoms with Crippen molar-refractivity contribution in [1.82, 2.24) is 4.57 Å². The van der Waals surface area contributed by atoms with Crippen molar-refractivity contribution in [3.63, 3.8) is 0 Å². The molecule has 0 N–H and O–H groups in total. The third kappa shape index (κ3) is 4.92. The van der Waals surface area contributed by atoms with Crippen molar-refractivity contribution in [2.24, 2.45) is 0 Å². The van der Waals surface area contributed by atoms with Crippen molar-refractivity contribution in [2.45, 2.75) is 33.7 Å². The molecule has 2 aromatic rings. The van der Waals surface area contributed by atoms with Gasteiger partial charge in [0.2, 0.25) is 5.78 Å². The second-order valence-corrected chi connectivity index (χ2v) is 6.57. The number of benzene rings is 1. The topological polar surface area (TPSA) is 74.6 Å². The molecule has 2 rings (SSSR count). The summed E-state index contributed by atoms with van der Waals surface area (Å²) in [6.07, 6.45) is 0.803. The summed E-state index contributed by atoms with van der Waals surface area (Å²) in [4.78, 5) is 36.6. The lowest BCUT2D eigenvalue weighted by atomic mass is 10.0. The van der Waals surface area contributed by atoms with E-state index in [1.807, 2.05) is 18.4 Å². The maximum absolute atomic E-state index is 13.3. The van der Waals surface area contributed by atoms with Gasteiger partial charge in [-0.25, -0.2) is 9.18 Å². The zero-order chi connectivity index (χ0) is 20.8. The van der Waals surface area contributed by atoms with E-state index in [9.17, 15) is 18.8 Å². The highest BCUT2D eigenvalue weighted by Gasteiger charge is 2.23. The first-order valence-corrected chi connectivity index (χ1v) is 8.92. The van der Waals surface area contributed by atoms with Crippen LogP contribution >= 0.6 is 0 Å². The molecule has 0 atom stereocenters. The monoisotopic (exact) mass is 389 g/mol. The van der Waals surface area contributed by atoms with Gasteiger partial charge in [0.15, 0.2) is 6.61 Å². The average Bonchev–Trinajstić information content (AvgIpc) is 2.95. The quantitative estimate of drug-likeness (QED) is 0.285. The van der Waals surface area contributed by atoms with E-state index >= 15 is 0 Å². The summed E-state index contributed by atoms with van der Waals surface area (Å²) in [5, 5.41) is 0. The van der Waals surface area contributed by atoms with Crippen LogP contribution in [0, 0.1) is 26.6 Å². The van der Waals surface area contributed by atoms with Gasteiger partial charge in [0, 0.05) is 42.8 Å². The average molecular weight is 389 g/mol. The number of ketones is 2. The van der Waals surface area contributed by atoms with Crippen molar-refractivity contribution in [3.8, 4) is 0 Å². The summed E-state index contributed by atoms with van der Waals surface area (Å²) in [6.45, 7) is 6.05. The van der Waals surface area contributed by atoms with E-state index in [0.29, 0.717) is 24.3 Å². The van der Waals surface area contributed by atoms with Crippen LogP contribution < -0.4 is 0 Å². The van der Waals surface area contributed by atoms with E-state index < -0.39 is 30.0 Å². The van der Waals surface area contributed by atoms with Gasteiger partial charge in [-0.2, -0.15) is 0 Å². The number of carbonyl (C=O) groups excluding carboxylic acids is 3. The van der Waals surface area contributed by atoms with Gasteiger partial charge in [-0.1, -0.05) is 6.07 Å². The number of nitrogens with zero attached hydrogens (tertiary/aromatic N) is 1. The minimum atomic E-state index is -1.18. The fraction of sp³-hybridized carbons (Fsp3) is 0.381. The van der Waals surface area contributed by atoms with Gasteiger partial charge in [0.25, 0.3) is 5.78 Å². The van der Waals surface area contributed by atoms with Crippen LogP contribution in [0.3, 0.4) is 0 Å². The first kappa shape index (κ1) is 21.5. The van der Waals surface area contributed by atoms with E-state index in [1.165, 1.54) is 12.1 Å². The predicted molar refractivity (Wildman–Crippen MR) is 101 cm³/mol. The number of hydrogen-bond acceptors (Lipinski definition) is 5. The Hall–Kier alpha value is -2.80. The van der Waals surface area contributed by atoms with Crippen molar-refractivity contribution >= 4 is 17.5 Å². The summed E-state index contributed by atoms with van der Waals surface area (Å²) in [5.74, 6) is -3.19. The summed E-state index contributed by atoms with van der Waals surface area (Å²) >= 11 is 0. The Bertz CT molecular complexity index is 900. The second-order valence-electron chi connectivity index (χ2n) is 6.57. The molecule has 0 bridgehead atoms. The van der Waals surface area contributed by atoms with Crippen LogP contribution in [0.4, 0.5) is 4.39 Å². The molecule has 0 unspecified atom stereocenters. The molecule has 0 radical (unpaired) electrons. The lowest BCUT2D eigenvalue weighted by Gasteiger charge is -2.09. The molecule has 0 amide bonds. The fourth-order valence-corrected chi connectivity index (χ4v) is 3.02. The van der Waals surface area contributed by atoms with Gasteiger partial charge < -0.3 is 14.0 Å². The molecule has 6 nitrogen and oxygen atoms in total. The Morgan fingerprint density at radius 1 is 1.07 bits per heavy atom. The van der Waals surface area contributed by atoms with Gasteiger partial charge >= 0.3 is 5.97 Å². The Kier molecular flexibility index (Phi) is 7.23. The third-order valence-electron chi connectivity index (χ3n) is 4.57. The number of hydrogen-bond donors (Lipinski definition) is 0. The number of aryl methyl sites for hydroxylation is 2. The highest BCUT2D eigenvalue weighted by atomic mass is 19.1. The largest absolute Gasteiger partial charge is 0.451 e. The highest BCUT2D eigenvalue weighted by molar-refractivity contribution is 6.41. The molecule has 0 spiro atoms. The van der Waals surface area contributed by atoms with Crippen LogP contribution in [-0.4, -0.2) is 42.4 Å². The maximum atomic E-state index is 13.3. The van der Waals surface area contributed by atoms with Gasteiger partial charge in [-0.05, 0) is 51.0 Å². The number of rotatable bonds is 9. The predicted octanol–water partition coefficient (Wildman–Crippen LogP) is 3.20. The molecule has 28 heavy (non-hydrogen) atoms. The minimum Gasteiger partial charge on any atom is -0.451 e. The molecule has 0 fully saturated rings. The summed E-state index contributed by atoms with van der Waals surface area (Å²) in [6, 6.07) is 5.31. The van der Waals surface area contributed by atoms with E-state index in [-0.39, 0.29) is 5.56 Å². The molecule has 1 heterocycles. The standard InChI is InChI=1S/C21H24FNO5/c1-13-6-7-16(22)11-17(13)20(25)21(26)28-12-19(24)18-10-14(2)23(15(18)3)8-5-9-27-4/h6-7,10-11H,5,8-9,12H2,1-4H3. The van der Waals surface area contributed by atoms with Gasteiger partial charge in [0.05, 0.1) is 0 Å². The van der Waals surface area contributed by atoms with E-state index in [0.717, 1.165) is 23.9 Å². The second kappa shape index (κ2) is 9.41. The molecule has 0 aliphatic heterocycles. The number of esters is 1. The Balaban J connectivity index is 2.03. The van der Waals surface area contributed by atoms with Gasteiger partial charge in [-0.15, -0.1) is 0 Å². The molecule has 1 aromatic carbocycles. The van der Waals surface area contributed by atoms with Crippen LogP contribution in [-0.2, 0) is 20.8 Å². The van der Waals surface area contributed by atoms with Crippen LogP contribution in [0.5, 0.6) is 0 Å². The first-order valence-electron chi connectivity index (χ1n) is 8.92. The zero-order valence-corrected chi connectivity index (χ0v) is 16.5. The molecule has 0 aliphatic rings. The Morgan fingerprint density at radius 3 is 2.46 bits per heavy atom. The minimum absolute atomic E-state index is 0.0752. The normalized spacial score (nSPS) is 10.8. The van der Waals surface area contributed by atoms with Crippen LogP contribution in [0.2, 0.25) is 0 Å².